The molecule has 0 fully saturated rings. The second-order valence-electron chi connectivity index (χ2n) is 5.96. The summed E-state index contributed by atoms with van der Waals surface area (Å²) in [7, 11) is 2.09. The van der Waals surface area contributed by atoms with Gasteiger partial charge >= 0.3 is 0 Å². The Bertz CT molecular complexity index is 935. The predicted molar refractivity (Wildman–Crippen MR) is 98.7 cm³/mol. The summed E-state index contributed by atoms with van der Waals surface area (Å²) >= 11 is 7.71. The van der Waals surface area contributed by atoms with E-state index in [1.54, 1.807) is 16.9 Å². The van der Waals surface area contributed by atoms with Crippen molar-refractivity contribution in [2.45, 2.75) is 13.0 Å². The average Bonchev–Trinajstić information content (AvgIpc) is 3.21. The van der Waals surface area contributed by atoms with Crippen LogP contribution < -0.4 is 5.32 Å². The first-order valence-electron chi connectivity index (χ1n) is 7.88. The number of carbonyl (C=O) groups excluding carboxylic acids is 1. The highest BCUT2D eigenvalue weighted by atomic mass is 35.5. The number of aromatic nitrogens is 3. The number of anilines is 1. The molecule has 4 rings (SSSR count). The van der Waals surface area contributed by atoms with E-state index >= 15 is 0 Å². The topological polar surface area (TPSA) is 63.1 Å². The quantitative estimate of drug-likeness (QED) is 0.765. The summed E-state index contributed by atoms with van der Waals surface area (Å²) in [4.78, 5) is 20.5. The molecular weight excluding hydrogens is 358 g/mol. The molecule has 0 unspecified atom stereocenters. The third-order valence-electron chi connectivity index (χ3n) is 4.09. The van der Waals surface area contributed by atoms with Crippen LogP contribution in [0.25, 0.3) is 5.69 Å². The van der Waals surface area contributed by atoms with Crippen LogP contribution in [0.1, 0.15) is 20.9 Å². The van der Waals surface area contributed by atoms with Crippen LogP contribution in [0.4, 0.5) is 5.13 Å². The molecule has 3 heterocycles. The number of fused-ring (bicyclic) bond motifs is 1. The third kappa shape index (κ3) is 3.30. The molecule has 0 atom stereocenters. The van der Waals surface area contributed by atoms with E-state index in [4.69, 9.17) is 11.6 Å². The molecule has 1 aromatic carbocycles. The minimum atomic E-state index is -0.224. The Morgan fingerprint density at radius 3 is 3.04 bits per heavy atom. The lowest BCUT2D eigenvalue weighted by Crippen LogP contribution is -2.25. The minimum absolute atomic E-state index is 0.224. The lowest BCUT2D eigenvalue weighted by atomic mass is 10.2. The van der Waals surface area contributed by atoms with Crippen molar-refractivity contribution in [2.75, 3.05) is 18.9 Å². The lowest BCUT2D eigenvalue weighted by Gasteiger charge is -2.20. The van der Waals surface area contributed by atoms with Crippen LogP contribution in [0.2, 0.25) is 5.02 Å². The fraction of sp³-hybridized carbons (Fsp3) is 0.235. The first kappa shape index (κ1) is 16.3. The smallest absolute Gasteiger partial charge is 0.260 e. The summed E-state index contributed by atoms with van der Waals surface area (Å²) in [5.41, 5.74) is 2.28. The highest BCUT2D eigenvalue weighted by Crippen LogP contribution is 2.28. The molecule has 1 amide bonds. The Morgan fingerprint density at radius 1 is 1.36 bits per heavy atom. The molecular formula is C17H16ClN5OS. The van der Waals surface area contributed by atoms with Crippen LogP contribution in [-0.2, 0) is 13.0 Å². The van der Waals surface area contributed by atoms with Crippen molar-refractivity contribution in [2.24, 2.45) is 0 Å². The van der Waals surface area contributed by atoms with Gasteiger partial charge in [0, 0.05) is 30.6 Å². The van der Waals surface area contributed by atoms with Crippen molar-refractivity contribution in [3.8, 4) is 5.69 Å². The maximum Gasteiger partial charge on any atom is 0.260 e. The SMILES string of the molecule is CN1CCc2nc(NC(=O)c3cnn(-c4ccccc4Cl)c3)sc2C1. The van der Waals surface area contributed by atoms with Gasteiger partial charge in [-0.25, -0.2) is 9.67 Å². The van der Waals surface area contributed by atoms with Crippen molar-refractivity contribution in [1.29, 1.82) is 0 Å². The molecule has 2 aromatic heterocycles. The Kier molecular flexibility index (Phi) is 4.29. The van der Waals surface area contributed by atoms with E-state index < -0.39 is 0 Å². The van der Waals surface area contributed by atoms with Crippen LogP contribution in [0, 0.1) is 0 Å². The molecule has 1 N–H and O–H groups in total. The monoisotopic (exact) mass is 373 g/mol. The zero-order valence-corrected chi connectivity index (χ0v) is 15.1. The Labute approximate surface area is 154 Å². The molecule has 128 valence electrons. The molecule has 0 aliphatic carbocycles. The molecule has 0 saturated heterocycles. The Morgan fingerprint density at radius 2 is 2.20 bits per heavy atom. The first-order chi connectivity index (χ1) is 12.1. The number of benzene rings is 1. The van der Waals surface area contributed by atoms with E-state index in [-0.39, 0.29) is 5.91 Å². The Balaban J connectivity index is 1.52. The van der Waals surface area contributed by atoms with Gasteiger partial charge in [0.05, 0.1) is 28.2 Å². The van der Waals surface area contributed by atoms with E-state index in [0.29, 0.717) is 15.7 Å². The van der Waals surface area contributed by atoms with Gasteiger partial charge in [0.1, 0.15) is 0 Å². The van der Waals surface area contributed by atoms with E-state index in [1.165, 1.54) is 22.4 Å². The van der Waals surface area contributed by atoms with Crippen molar-refractivity contribution in [3.05, 3.63) is 57.8 Å². The van der Waals surface area contributed by atoms with Gasteiger partial charge in [0.15, 0.2) is 5.13 Å². The number of carbonyl (C=O) groups is 1. The number of hydrogen-bond acceptors (Lipinski definition) is 5. The van der Waals surface area contributed by atoms with E-state index in [1.807, 2.05) is 18.2 Å². The Hall–Kier alpha value is -2.22. The highest BCUT2D eigenvalue weighted by molar-refractivity contribution is 7.15. The van der Waals surface area contributed by atoms with Gasteiger partial charge in [-0.3, -0.25) is 10.1 Å². The number of rotatable bonds is 3. The summed E-state index contributed by atoms with van der Waals surface area (Å²) in [5, 5.41) is 8.32. The van der Waals surface area contributed by atoms with Crippen LogP contribution in [0.15, 0.2) is 36.7 Å². The normalized spacial score (nSPS) is 14.3. The zero-order valence-electron chi connectivity index (χ0n) is 13.6. The summed E-state index contributed by atoms with van der Waals surface area (Å²) in [6.07, 6.45) is 4.11. The summed E-state index contributed by atoms with van der Waals surface area (Å²) in [5.74, 6) is -0.224. The first-order valence-corrected chi connectivity index (χ1v) is 9.07. The summed E-state index contributed by atoms with van der Waals surface area (Å²) in [6.45, 7) is 1.88. The third-order valence-corrected chi connectivity index (χ3v) is 5.40. The maximum absolute atomic E-state index is 12.5. The van der Waals surface area contributed by atoms with Gasteiger partial charge in [-0.15, -0.1) is 11.3 Å². The van der Waals surface area contributed by atoms with Gasteiger partial charge in [0.2, 0.25) is 0 Å². The van der Waals surface area contributed by atoms with Crippen LogP contribution in [-0.4, -0.2) is 39.2 Å². The molecule has 1 aliphatic rings. The second-order valence-corrected chi connectivity index (χ2v) is 7.45. The highest BCUT2D eigenvalue weighted by Gasteiger charge is 2.20. The average molecular weight is 374 g/mol. The van der Waals surface area contributed by atoms with Gasteiger partial charge in [-0.1, -0.05) is 23.7 Å². The van der Waals surface area contributed by atoms with E-state index in [2.05, 4.69) is 27.3 Å². The number of thiazole rings is 1. The minimum Gasteiger partial charge on any atom is -0.301 e. The molecule has 25 heavy (non-hydrogen) atoms. The molecule has 8 heteroatoms. The van der Waals surface area contributed by atoms with Gasteiger partial charge < -0.3 is 4.90 Å². The number of nitrogens with zero attached hydrogens (tertiary/aromatic N) is 4. The largest absolute Gasteiger partial charge is 0.301 e. The van der Waals surface area contributed by atoms with Crippen LogP contribution in [0.5, 0.6) is 0 Å². The van der Waals surface area contributed by atoms with Gasteiger partial charge in [0.25, 0.3) is 5.91 Å². The van der Waals surface area contributed by atoms with Crippen molar-refractivity contribution >= 4 is 34.0 Å². The fourth-order valence-corrected chi connectivity index (χ4v) is 4.06. The number of para-hydroxylation sites is 1. The van der Waals surface area contributed by atoms with Crippen molar-refractivity contribution in [3.63, 3.8) is 0 Å². The molecule has 0 bridgehead atoms. The molecule has 0 saturated carbocycles. The number of halogens is 1. The van der Waals surface area contributed by atoms with Gasteiger partial charge in [-0.2, -0.15) is 5.10 Å². The van der Waals surface area contributed by atoms with Crippen LogP contribution >= 0.6 is 22.9 Å². The number of amides is 1. The standard InChI is InChI=1S/C17H16ClN5OS/c1-22-7-6-13-15(10-22)25-17(20-13)21-16(24)11-8-19-23(9-11)14-5-3-2-4-12(14)18/h2-5,8-9H,6-7,10H2,1H3,(H,20,21,24). The predicted octanol–water partition coefficient (Wildman–Crippen LogP) is 3.22. The maximum atomic E-state index is 12.5. The summed E-state index contributed by atoms with van der Waals surface area (Å²) < 4.78 is 1.60. The molecule has 1 aliphatic heterocycles. The second kappa shape index (κ2) is 6.59. The van der Waals surface area contributed by atoms with Crippen molar-refractivity contribution < 1.29 is 4.79 Å². The van der Waals surface area contributed by atoms with E-state index in [0.717, 1.165) is 30.9 Å². The lowest BCUT2D eigenvalue weighted by molar-refractivity contribution is 0.102. The molecule has 6 nitrogen and oxygen atoms in total. The number of likely N-dealkylation sites (N-methyl/N-ethyl adjacent to an activating group) is 1. The van der Waals surface area contributed by atoms with Crippen LogP contribution in [0.3, 0.4) is 0 Å². The molecule has 3 aromatic rings. The fourth-order valence-electron chi connectivity index (χ4n) is 2.76. The molecule has 0 radical (unpaired) electrons. The van der Waals surface area contributed by atoms with Gasteiger partial charge in [-0.05, 0) is 19.2 Å². The van der Waals surface area contributed by atoms with Crippen molar-refractivity contribution in [1.82, 2.24) is 19.7 Å². The van der Waals surface area contributed by atoms with E-state index in [9.17, 15) is 4.79 Å². The summed E-state index contributed by atoms with van der Waals surface area (Å²) in [6, 6.07) is 7.36. The number of nitrogens with one attached hydrogen (secondary N) is 1. The molecule has 0 spiro atoms. The number of hydrogen-bond donors (Lipinski definition) is 1. The zero-order chi connectivity index (χ0) is 17.4.